The predicted octanol–water partition coefficient (Wildman–Crippen LogP) is 4.37. The number of nitrogens with zero attached hydrogens (tertiary/aromatic N) is 2. The van der Waals surface area contributed by atoms with Gasteiger partial charge >= 0.3 is 0 Å². The molecule has 0 radical (unpaired) electrons. The summed E-state index contributed by atoms with van der Waals surface area (Å²) in [5.74, 6) is 4.44. The molecule has 1 heterocycles. The van der Waals surface area contributed by atoms with Crippen LogP contribution < -0.4 is 9.47 Å². The lowest BCUT2D eigenvalue weighted by Crippen LogP contribution is -2.00. The Bertz CT molecular complexity index is 802. The highest BCUT2D eigenvalue weighted by atomic mass is 32.2. The van der Waals surface area contributed by atoms with Crippen molar-refractivity contribution in [3.05, 3.63) is 60.0 Å². The normalized spacial score (nSPS) is 10.6. The quantitative estimate of drug-likeness (QED) is 0.559. The molecule has 0 saturated heterocycles. The SMILES string of the molecule is COc1ccc(OCCSCc2nc(-c3ccccc3C)no2)cc1. The van der Waals surface area contributed by atoms with E-state index in [0.717, 1.165) is 28.4 Å². The Morgan fingerprint density at radius 1 is 1.04 bits per heavy atom. The van der Waals surface area contributed by atoms with Crippen LogP contribution >= 0.6 is 11.8 Å². The molecule has 3 aromatic rings. The maximum atomic E-state index is 5.69. The number of rotatable bonds is 8. The van der Waals surface area contributed by atoms with Gasteiger partial charge in [-0.1, -0.05) is 29.4 Å². The topological polar surface area (TPSA) is 57.4 Å². The molecule has 0 aliphatic heterocycles. The van der Waals surface area contributed by atoms with Crippen LogP contribution in [0.1, 0.15) is 11.5 Å². The highest BCUT2D eigenvalue weighted by molar-refractivity contribution is 7.98. The van der Waals surface area contributed by atoms with Gasteiger partial charge in [0, 0.05) is 11.3 Å². The third kappa shape index (κ3) is 4.76. The van der Waals surface area contributed by atoms with Crippen LogP contribution in [0, 0.1) is 6.92 Å². The summed E-state index contributed by atoms with van der Waals surface area (Å²) in [7, 11) is 1.65. The van der Waals surface area contributed by atoms with Crippen LogP contribution in [0.3, 0.4) is 0 Å². The van der Waals surface area contributed by atoms with E-state index in [2.05, 4.69) is 10.1 Å². The molecule has 0 fully saturated rings. The Morgan fingerprint density at radius 2 is 1.80 bits per heavy atom. The van der Waals surface area contributed by atoms with E-state index in [1.807, 2.05) is 55.5 Å². The maximum Gasteiger partial charge on any atom is 0.236 e. The first-order valence-corrected chi connectivity index (χ1v) is 9.15. The fraction of sp³-hybridized carbons (Fsp3) is 0.263. The minimum atomic E-state index is 0.621. The first-order valence-electron chi connectivity index (χ1n) is 7.99. The van der Waals surface area contributed by atoms with Crippen LogP contribution in [0.4, 0.5) is 0 Å². The summed E-state index contributed by atoms with van der Waals surface area (Å²) in [4.78, 5) is 4.46. The van der Waals surface area contributed by atoms with E-state index in [-0.39, 0.29) is 0 Å². The average Bonchev–Trinajstić information content (AvgIpc) is 3.11. The van der Waals surface area contributed by atoms with Crippen molar-refractivity contribution in [3.8, 4) is 22.9 Å². The molecular formula is C19H20N2O3S. The Morgan fingerprint density at radius 3 is 2.56 bits per heavy atom. The van der Waals surface area contributed by atoms with Gasteiger partial charge in [-0.2, -0.15) is 4.98 Å². The van der Waals surface area contributed by atoms with Gasteiger partial charge in [-0.05, 0) is 36.8 Å². The van der Waals surface area contributed by atoms with E-state index < -0.39 is 0 Å². The molecule has 6 heteroatoms. The number of methoxy groups -OCH3 is 1. The lowest BCUT2D eigenvalue weighted by Gasteiger charge is -2.06. The van der Waals surface area contributed by atoms with Crippen molar-refractivity contribution in [2.24, 2.45) is 0 Å². The second kappa shape index (κ2) is 8.58. The number of hydrogen-bond donors (Lipinski definition) is 0. The Labute approximate surface area is 151 Å². The maximum absolute atomic E-state index is 5.69. The van der Waals surface area contributed by atoms with Crippen molar-refractivity contribution in [1.82, 2.24) is 10.1 Å². The van der Waals surface area contributed by atoms with E-state index >= 15 is 0 Å². The Kier molecular flexibility index (Phi) is 5.95. The average molecular weight is 356 g/mol. The van der Waals surface area contributed by atoms with Gasteiger partial charge in [0.05, 0.1) is 19.5 Å². The van der Waals surface area contributed by atoms with E-state index in [1.165, 1.54) is 0 Å². The summed E-state index contributed by atoms with van der Waals surface area (Å²) >= 11 is 1.70. The molecule has 25 heavy (non-hydrogen) atoms. The summed E-state index contributed by atoms with van der Waals surface area (Å²) in [6, 6.07) is 15.6. The van der Waals surface area contributed by atoms with Crippen molar-refractivity contribution in [2.45, 2.75) is 12.7 Å². The molecule has 0 aliphatic rings. The molecular weight excluding hydrogens is 336 g/mol. The number of ether oxygens (including phenoxy) is 2. The van der Waals surface area contributed by atoms with Crippen molar-refractivity contribution < 1.29 is 14.0 Å². The fourth-order valence-electron chi connectivity index (χ4n) is 2.30. The predicted molar refractivity (Wildman–Crippen MR) is 99.1 cm³/mol. The fourth-order valence-corrected chi connectivity index (χ4v) is 2.93. The summed E-state index contributed by atoms with van der Waals surface area (Å²) in [6.45, 7) is 2.66. The molecule has 3 rings (SSSR count). The molecule has 0 N–H and O–H groups in total. The van der Waals surface area contributed by atoms with Gasteiger partial charge in [-0.3, -0.25) is 0 Å². The number of thioether (sulfide) groups is 1. The van der Waals surface area contributed by atoms with Crippen LogP contribution in [0.5, 0.6) is 11.5 Å². The van der Waals surface area contributed by atoms with Crippen LogP contribution in [-0.2, 0) is 5.75 Å². The summed E-state index contributed by atoms with van der Waals surface area (Å²) in [5.41, 5.74) is 2.14. The number of hydrogen-bond acceptors (Lipinski definition) is 6. The monoisotopic (exact) mass is 356 g/mol. The molecule has 5 nitrogen and oxygen atoms in total. The molecule has 0 atom stereocenters. The molecule has 130 valence electrons. The molecule has 0 spiro atoms. The first kappa shape index (κ1) is 17.4. The number of aromatic nitrogens is 2. The largest absolute Gasteiger partial charge is 0.497 e. The van der Waals surface area contributed by atoms with Crippen molar-refractivity contribution in [3.63, 3.8) is 0 Å². The van der Waals surface area contributed by atoms with Gasteiger partial charge in [-0.15, -0.1) is 11.8 Å². The zero-order valence-electron chi connectivity index (χ0n) is 14.3. The van der Waals surface area contributed by atoms with Gasteiger partial charge in [0.2, 0.25) is 11.7 Å². The van der Waals surface area contributed by atoms with Crippen molar-refractivity contribution in [2.75, 3.05) is 19.5 Å². The minimum Gasteiger partial charge on any atom is -0.497 e. The van der Waals surface area contributed by atoms with Gasteiger partial charge in [-0.25, -0.2) is 0 Å². The number of benzene rings is 2. The van der Waals surface area contributed by atoms with E-state index in [0.29, 0.717) is 24.1 Å². The molecule has 0 amide bonds. The van der Waals surface area contributed by atoms with E-state index in [4.69, 9.17) is 14.0 Å². The van der Waals surface area contributed by atoms with Crippen molar-refractivity contribution >= 4 is 11.8 Å². The smallest absolute Gasteiger partial charge is 0.236 e. The standard InChI is InChI=1S/C19H20N2O3S/c1-14-5-3-4-6-17(14)19-20-18(24-21-19)13-25-12-11-23-16-9-7-15(22-2)8-10-16/h3-10H,11-13H2,1-2H3. The second-order valence-corrected chi connectivity index (χ2v) is 6.51. The lowest BCUT2D eigenvalue weighted by molar-refractivity contribution is 0.342. The van der Waals surface area contributed by atoms with Gasteiger partial charge < -0.3 is 14.0 Å². The molecule has 0 bridgehead atoms. The Hall–Kier alpha value is -2.47. The third-order valence-corrected chi connectivity index (χ3v) is 4.54. The van der Waals surface area contributed by atoms with Gasteiger partial charge in [0.25, 0.3) is 0 Å². The number of aryl methyl sites for hydroxylation is 1. The lowest BCUT2D eigenvalue weighted by atomic mass is 10.1. The first-order chi connectivity index (χ1) is 12.3. The van der Waals surface area contributed by atoms with Crippen molar-refractivity contribution in [1.29, 1.82) is 0 Å². The third-order valence-electron chi connectivity index (χ3n) is 3.64. The van der Waals surface area contributed by atoms with Crippen LogP contribution in [0.2, 0.25) is 0 Å². The van der Waals surface area contributed by atoms with E-state index in [1.54, 1.807) is 18.9 Å². The molecule has 0 saturated carbocycles. The van der Waals surface area contributed by atoms with Crippen LogP contribution in [0.25, 0.3) is 11.4 Å². The van der Waals surface area contributed by atoms with Gasteiger partial charge in [0.1, 0.15) is 11.5 Å². The highest BCUT2D eigenvalue weighted by Gasteiger charge is 2.10. The second-order valence-electron chi connectivity index (χ2n) is 5.40. The molecule has 1 aromatic heterocycles. The summed E-state index contributed by atoms with van der Waals surface area (Å²) < 4.78 is 16.1. The zero-order chi connectivity index (χ0) is 17.5. The molecule has 0 unspecified atom stereocenters. The van der Waals surface area contributed by atoms with Crippen LogP contribution in [0.15, 0.2) is 53.1 Å². The summed E-state index contributed by atoms with van der Waals surface area (Å²) in [5, 5.41) is 4.07. The summed E-state index contributed by atoms with van der Waals surface area (Å²) in [6.07, 6.45) is 0. The Balaban J connectivity index is 1.43. The molecule has 2 aromatic carbocycles. The zero-order valence-corrected chi connectivity index (χ0v) is 15.1. The molecule has 0 aliphatic carbocycles. The highest BCUT2D eigenvalue weighted by Crippen LogP contribution is 2.21. The van der Waals surface area contributed by atoms with Gasteiger partial charge in [0.15, 0.2) is 0 Å². The van der Waals surface area contributed by atoms with E-state index in [9.17, 15) is 0 Å². The minimum absolute atomic E-state index is 0.621. The van der Waals surface area contributed by atoms with Crippen LogP contribution in [-0.4, -0.2) is 29.6 Å².